The maximum Gasteiger partial charge on any atom is 0.324 e. The number of hydrogen-bond acceptors (Lipinski definition) is 7. The van der Waals surface area contributed by atoms with Gasteiger partial charge in [0.25, 0.3) is 0 Å². The highest BCUT2D eigenvalue weighted by molar-refractivity contribution is 5.34. The minimum Gasteiger partial charge on any atom is -0.467 e. The fraction of sp³-hybridized carbons (Fsp3) is 0.769. The van der Waals surface area contributed by atoms with Crippen LogP contribution in [0.4, 0.5) is 5.95 Å². The van der Waals surface area contributed by atoms with Crippen molar-refractivity contribution in [2.75, 3.05) is 32.3 Å². The van der Waals surface area contributed by atoms with E-state index in [0.717, 1.165) is 12.8 Å². The Balaban J connectivity index is 2.27. The van der Waals surface area contributed by atoms with Gasteiger partial charge >= 0.3 is 12.0 Å². The van der Waals surface area contributed by atoms with Crippen LogP contribution in [-0.4, -0.2) is 53.5 Å². The molecule has 0 unspecified atom stereocenters. The number of anilines is 1. The predicted molar refractivity (Wildman–Crippen MR) is 74.2 cm³/mol. The van der Waals surface area contributed by atoms with Crippen molar-refractivity contribution in [2.24, 2.45) is 0 Å². The SMILES string of the molecule is COc1nc(OC)nc(N(CCO)C2CCCCC2)n1. The van der Waals surface area contributed by atoms with Crippen molar-refractivity contribution in [3.63, 3.8) is 0 Å². The molecule has 0 aliphatic heterocycles. The molecule has 1 N–H and O–H groups in total. The fourth-order valence-electron chi connectivity index (χ4n) is 2.59. The Morgan fingerprint density at radius 3 is 2.15 bits per heavy atom. The summed E-state index contributed by atoms with van der Waals surface area (Å²) >= 11 is 0. The normalized spacial score (nSPS) is 15.9. The number of methoxy groups -OCH3 is 2. The van der Waals surface area contributed by atoms with Crippen molar-refractivity contribution >= 4 is 5.95 Å². The van der Waals surface area contributed by atoms with E-state index >= 15 is 0 Å². The van der Waals surface area contributed by atoms with Gasteiger partial charge in [-0.15, -0.1) is 4.98 Å². The quantitative estimate of drug-likeness (QED) is 0.834. The Labute approximate surface area is 119 Å². The maximum atomic E-state index is 9.31. The summed E-state index contributed by atoms with van der Waals surface area (Å²) in [5.74, 6) is 0.509. The summed E-state index contributed by atoms with van der Waals surface area (Å²) in [6.45, 7) is 0.563. The van der Waals surface area contributed by atoms with Crippen molar-refractivity contribution < 1.29 is 14.6 Å². The van der Waals surface area contributed by atoms with Crippen LogP contribution < -0.4 is 14.4 Å². The molecule has 0 radical (unpaired) electrons. The van der Waals surface area contributed by atoms with Gasteiger partial charge in [0.05, 0.1) is 20.8 Å². The van der Waals surface area contributed by atoms with E-state index in [1.54, 1.807) is 0 Å². The summed E-state index contributed by atoms with van der Waals surface area (Å²) in [6.07, 6.45) is 5.86. The minimum atomic E-state index is 0.0623. The van der Waals surface area contributed by atoms with Gasteiger partial charge in [-0.05, 0) is 12.8 Å². The van der Waals surface area contributed by atoms with Crippen molar-refractivity contribution in [1.29, 1.82) is 0 Å². The highest BCUT2D eigenvalue weighted by Gasteiger charge is 2.24. The van der Waals surface area contributed by atoms with Crippen LogP contribution in [0.25, 0.3) is 0 Å². The molecule has 0 amide bonds. The van der Waals surface area contributed by atoms with Crippen molar-refractivity contribution in [2.45, 2.75) is 38.1 Å². The van der Waals surface area contributed by atoms with Gasteiger partial charge in [-0.3, -0.25) is 0 Å². The second-order valence-electron chi connectivity index (χ2n) is 4.82. The van der Waals surface area contributed by atoms with E-state index in [2.05, 4.69) is 15.0 Å². The number of rotatable bonds is 6. The standard InChI is InChI=1S/C13H22N4O3/c1-19-12-14-11(15-13(16-12)20-2)17(8-9-18)10-6-4-3-5-7-10/h10,18H,3-9H2,1-2H3. The lowest BCUT2D eigenvalue weighted by Crippen LogP contribution is -2.40. The number of hydrogen-bond donors (Lipinski definition) is 1. The molecular formula is C13H22N4O3. The van der Waals surface area contributed by atoms with Crippen LogP contribution in [-0.2, 0) is 0 Å². The number of aliphatic hydroxyl groups excluding tert-OH is 1. The first-order valence-corrected chi connectivity index (χ1v) is 7.00. The smallest absolute Gasteiger partial charge is 0.324 e. The number of aliphatic hydroxyl groups is 1. The molecule has 1 aromatic rings. The summed E-state index contributed by atoms with van der Waals surface area (Å²) in [6, 6.07) is 0.809. The van der Waals surface area contributed by atoms with Gasteiger partial charge in [0, 0.05) is 12.6 Å². The molecule has 0 bridgehead atoms. The van der Waals surface area contributed by atoms with E-state index in [4.69, 9.17) is 9.47 Å². The molecule has 1 aromatic heterocycles. The van der Waals surface area contributed by atoms with Gasteiger partial charge < -0.3 is 19.5 Å². The molecule has 7 nitrogen and oxygen atoms in total. The van der Waals surface area contributed by atoms with E-state index in [0.29, 0.717) is 18.5 Å². The Morgan fingerprint density at radius 2 is 1.65 bits per heavy atom. The molecule has 1 fully saturated rings. The Hall–Kier alpha value is -1.63. The van der Waals surface area contributed by atoms with Gasteiger partial charge in [0.2, 0.25) is 5.95 Å². The van der Waals surface area contributed by atoms with E-state index in [9.17, 15) is 5.11 Å². The fourth-order valence-corrected chi connectivity index (χ4v) is 2.59. The highest BCUT2D eigenvalue weighted by atomic mass is 16.5. The van der Waals surface area contributed by atoms with Crippen LogP contribution >= 0.6 is 0 Å². The zero-order valence-electron chi connectivity index (χ0n) is 12.1. The topological polar surface area (TPSA) is 80.6 Å². The van der Waals surface area contributed by atoms with Crippen molar-refractivity contribution in [3.8, 4) is 12.0 Å². The third-order valence-electron chi connectivity index (χ3n) is 3.56. The first-order valence-electron chi connectivity index (χ1n) is 7.00. The van der Waals surface area contributed by atoms with E-state index in [-0.39, 0.29) is 18.6 Å². The maximum absolute atomic E-state index is 9.31. The van der Waals surface area contributed by atoms with Crippen LogP contribution in [0, 0.1) is 0 Å². The molecule has 1 aliphatic carbocycles. The molecule has 20 heavy (non-hydrogen) atoms. The third kappa shape index (κ3) is 3.47. The summed E-state index contributed by atoms with van der Waals surface area (Å²) in [7, 11) is 3.02. The van der Waals surface area contributed by atoms with Crippen molar-refractivity contribution in [3.05, 3.63) is 0 Å². The molecule has 0 saturated heterocycles. The van der Waals surface area contributed by atoms with Crippen LogP contribution in [0.15, 0.2) is 0 Å². The van der Waals surface area contributed by atoms with E-state index < -0.39 is 0 Å². The molecular weight excluding hydrogens is 260 g/mol. The first kappa shape index (κ1) is 14.8. The summed E-state index contributed by atoms with van der Waals surface area (Å²) < 4.78 is 10.2. The zero-order valence-corrected chi connectivity index (χ0v) is 12.1. The summed E-state index contributed by atoms with van der Waals surface area (Å²) in [5, 5.41) is 9.31. The molecule has 112 valence electrons. The van der Waals surface area contributed by atoms with Gasteiger partial charge in [-0.1, -0.05) is 19.3 Å². The number of nitrogens with zero attached hydrogens (tertiary/aromatic N) is 4. The Kier molecular flexibility index (Phi) is 5.34. The lowest BCUT2D eigenvalue weighted by atomic mass is 9.94. The van der Waals surface area contributed by atoms with Crippen molar-refractivity contribution in [1.82, 2.24) is 15.0 Å². The number of ether oxygens (including phenoxy) is 2. The lowest BCUT2D eigenvalue weighted by molar-refractivity contribution is 0.286. The molecule has 7 heteroatoms. The minimum absolute atomic E-state index is 0.0623. The molecule has 0 aromatic carbocycles. The highest BCUT2D eigenvalue weighted by Crippen LogP contribution is 2.26. The molecule has 0 spiro atoms. The second kappa shape index (κ2) is 7.23. The van der Waals surface area contributed by atoms with E-state index in [1.165, 1.54) is 33.5 Å². The van der Waals surface area contributed by atoms with Crippen LogP contribution in [0.1, 0.15) is 32.1 Å². The first-order chi connectivity index (χ1) is 9.78. The summed E-state index contributed by atoms with van der Waals surface area (Å²) in [4.78, 5) is 14.6. The Morgan fingerprint density at radius 1 is 1.05 bits per heavy atom. The van der Waals surface area contributed by atoms with Gasteiger partial charge in [0.1, 0.15) is 0 Å². The number of aromatic nitrogens is 3. The van der Waals surface area contributed by atoms with Crippen LogP contribution in [0.2, 0.25) is 0 Å². The van der Waals surface area contributed by atoms with Crippen LogP contribution in [0.3, 0.4) is 0 Å². The van der Waals surface area contributed by atoms with Gasteiger partial charge in [-0.25, -0.2) is 0 Å². The lowest BCUT2D eigenvalue weighted by Gasteiger charge is -2.33. The zero-order chi connectivity index (χ0) is 14.4. The largest absolute Gasteiger partial charge is 0.467 e. The van der Waals surface area contributed by atoms with Gasteiger partial charge in [0.15, 0.2) is 0 Å². The average molecular weight is 282 g/mol. The third-order valence-corrected chi connectivity index (χ3v) is 3.56. The second-order valence-corrected chi connectivity index (χ2v) is 4.82. The Bertz CT molecular complexity index is 402. The molecule has 1 aliphatic rings. The molecule has 1 heterocycles. The van der Waals surface area contributed by atoms with Crippen LogP contribution in [0.5, 0.6) is 12.0 Å². The molecule has 0 atom stereocenters. The van der Waals surface area contributed by atoms with Gasteiger partial charge in [-0.2, -0.15) is 9.97 Å². The molecule has 1 saturated carbocycles. The average Bonchev–Trinajstić information content (AvgIpc) is 2.52. The summed E-state index contributed by atoms with van der Waals surface area (Å²) in [5.41, 5.74) is 0. The van der Waals surface area contributed by atoms with E-state index in [1.807, 2.05) is 4.90 Å². The monoisotopic (exact) mass is 282 g/mol. The predicted octanol–water partition coefficient (Wildman–Crippen LogP) is 1.02. The molecule has 2 rings (SSSR count).